The van der Waals surface area contributed by atoms with Crippen LogP contribution in [0.2, 0.25) is 0 Å². The molecule has 0 bridgehead atoms. The highest BCUT2D eigenvalue weighted by atomic mass is 32.2. The van der Waals surface area contributed by atoms with Crippen molar-refractivity contribution in [3.8, 4) is 16.9 Å². The van der Waals surface area contributed by atoms with Crippen LogP contribution in [0.4, 0.5) is 19.4 Å². The van der Waals surface area contributed by atoms with Crippen LogP contribution in [0.25, 0.3) is 16.9 Å². The number of rotatable bonds is 10. The quantitative estimate of drug-likeness (QED) is 0.273. The lowest BCUT2D eigenvalue weighted by Gasteiger charge is -2.26. The van der Waals surface area contributed by atoms with Gasteiger partial charge in [-0.2, -0.15) is 22.0 Å². The van der Waals surface area contributed by atoms with Gasteiger partial charge in [-0.05, 0) is 43.0 Å². The molecule has 222 valence electrons. The zero-order valence-corrected chi connectivity index (χ0v) is 24.9. The number of thioether (sulfide) groups is 1. The van der Waals surface area contributed by atoms with Gasteiger partial charge in [0.1, 0.15) is 11.5 Å². The predicted molar refractivity (Wildman–Crippen MR) is 161 cm³/mol. The summed E-state index contributed by atoms with van der Waals surface area (Å²) in [6.45, 7) is 3.53. The number of benzene rings is 2. The summed E-state index contributed by atoms with van der Waals surface area (Å²) in [4.78, 5) is 15.9. The third-order valence-corrected chi connectivity index (χ3v) is 8.32. The summed E-state index contributed by atoms with van der Waals surface area (Å²) in [5, 5.41) is 15.3. The summed E-state index contributed by atoms with van der Waals surface area (Å²) >= 11 is 1.71. The molecular weight excluding hydrogens is 560 g/mol. The van der Waals surface area contributed by atoms with Gasteiger partial charge in [0.05, 0.1) is 24.5 Å². The molecule has 0 radical (unpaired) electrons. The van der Waals surface area contributed by atoms with E-state index < -0.39 is 17.7 Å². The first-order valence-corrected chi connectivity index (χ1v) is 15.1. The van der Waals surface area contributed by atoms with Crippen molar-refractivity contribution >= 4 is 23.6 Å². The van der Waals surface area contributed by atoms with Crippen LogP contribution in [0.3, 0.4) is 0 Å². The average Bonchev–Trinajstić information content (AvgIpc) is 3.68. The Hall–Kier alpha value is -3.74. The molecule has 1 fully saturated rings. The maximum atomic E-state index is 14.3. The lowest BCUT2D eigenvalue weighted by molar-refractivity contribution is 0.115. The van der Waals surface area contributed by atoms with Gasteiger partial charge in [-0.3, -0.25) is 14.9 Å². The highest BCUT2D eigenvalue weighted by Crippen LogP contribution is 2.32. The molecule has 1 unspecified atom stereocenters. The number of nitrogens with zero attached hydrogens (tertiary/aromatic N) is 5. The smallest absolute Gasteiger partial charge is 0.320 e. The van der Waals surface area contributed by atoms with Gasteiger partial charge in [0.25, 0.3) is 0 Å². The monoisotopic (exact) mass is 595 g/mol. The van der Waals surface area contributed by atoms with E-state index in [1.807, 2.05) is 56.8 Å². The van der Waals surface area contributed by atoms with Gasteiger partial charge in [0.2, 0.25) is 0 Å². The van der Waals surface area contributed by atoms with E-state index in [2.05, 4.69) is 20.6 Å². The Balaban J connectivity index is 1.44. The minimum absolute atomic E-state index is 0.108. The van der Waals surface area contributed by atoms with E-state index in [1.54, 1.807) is 40.5 Å². The van der Waals surface area contributed by atoms with E-state index in [9.17, 15) is 13.6 Å². The van der Waals surface area contributed by atoms with Gasteiger partial charge in [-0.1, -0.05) is 24.3 Å². The fourth-order valence-electron chi connectivity index (χ4n) is 5.53. The molecule has 3 heterocycles. The van der Waals surface area contributed by atoms with Crippen molar-refractivity contribution in [2.45, 2.75) is 24.9 Å². The van der Waals surface area contributed by atoms with Gasteiger partial charge >= 0.3 is 6.03 Å². The van der Waals surface area contributed by atoms with Crippen LogP contribution in [0.15, 0.2) is 60.9 Å². The summed E-state index contributed by atoms with van der Waals surface area (Å²) in [6.07, 6.45) is 5.64. The maximum Gasteiger partial charge on any atom is 0.320 e. The SMILES string of the molecule is COCC(CSC)N1C[C@@H](NC(=O)Nc2c(C)c(-c3cnn(C)c3)nn2-c2ccccc2)[C@H](c2ccc(F)c(F)c2)C1. The van der Waals surface area contributed by atoms with Gasteiger partial charge in [0, 0.05) is 62.3 Å². The number of amides is 2. The molecule has 9 nitrogen and oxygen atoms in total. The highest BCUT2D eigenvalue weighted by Gasteiger charge is 2.38. The molecule has 0 aliphatic carbocycles. The number of para-hydroxylation sites is 1. The Kier molecular flexibility index (Phi) is 9.24. The van der Waals surface area contributed by atoms with Gasteiger partial charge in [-0.15, -0.1) is 0 Å². The number of hydrogen-bond acceptors (Lipinski definition) is 6. The third-order valence-electron chi connectivity index (χ3n) is 7.60. The maximum absolute atomic E-state index is 14.3. The number of likely N-dealkylation sites (tertiary alicyclic amines) is 1. The lowest BCUT2D eigenvalue weighted by Crippen LogP contribution is -2.44. The van der Waals surface area contributed by atoms with E-state index in [-0.39, 0.29) is 18.0 Å². The van der Waals surface area contributed by atoms with Crippen LogP contribution in [0, 0.1) is 18.6 Å². The molecule has 5 rings (SSSR count). The van der Waals surface area contributed by atoms with Crippen molar-refractivity contribution in [3.05, 3.63) is 83.7 Å². The Morgan fingerprint density at radius 2 is 1.95 bits per heavy atom. The second-order valence-corrected chi connectivity index (χ2v) is 11.4. The largest absolute Gasteiger partial charge is 0.383 e. The first kappa shape index (κ1) is 29.7. The standard InChI is InChI=1S/C30H35F2N7O2S/c1-19-28(21-13-33-37(2)14-21)36-39(22-8-6-5-7-9-22)29(19)35-30(40)34-27-16-38(23(17-41-3)18-42-4)15-24(27)20-10-11-25(31)26(32)12-20/h5-14,23-24,27H,15-18H2,1-4H3,(H2,34,35,40)/t23?,24-,27+/m0/s1. The number of hydrogen-bond donors (Lipinski definition) is 2. The van der Waals surface area contributed by atoms with E-state index >= 15 is 0 Å². The Bertz CT molecular complexity index is 1520. The molecule has 42 heavy (non-hydrogen) atoms. The van der Waals surface area contributed by atoms with Gasteiger partial charge < -0.3 is 10.1 Å². The van der Waals surface area contributed by atoms with Crippen molar-refractivity contribution in [1.29, 1.82) is 0 Å². The Labute approximate surface area is 248 Å². The second-order valence-electron chi connectivity index (χ2n) is 10.5. The Morgan fingerprint density at radius 3 is 2.62 bits per heavy atom. The number of aromatic nitrogens is 4. The van der Waals surface area contributed by atoms with Crippen LogP contribution in [0.1, 0.15) is 17.0 Å². The molecule has 4 aromatic rings. The summed E-state index contributed by atoms with van der Waals surface area (Å²) in [7, 11) is 3.50. The van der Waals surface area contributed by atoms with E-state index in [1.165, 1.54) is 6.07 Å². The summed E-state index contributed by atoms with van der Waals surface area (Å²) < 4.78 is 36.9. The van der Waals surface area contributed by atoms with E-state index in [0.29, 0.717) is 36.8 Å². The van der Waals surface area contributed by atoms with Crippen LogP contribution < -0.4 is 10.6 Å². The van der Waals surface area contributed by atoms with Crippen LogP contribution in [-0.2, 0) is 11.8 Å². The van der Waals surface area contributed by atoms with Crippen LogP contribution in [-0.4, -0.2) is 81.4 Å². The summed E-state index contributed by atoms with van der Waals surface area (Å²) in [5.74, 6) is -0.694. The van der Waals surface area contributed by atoms with Crippen molar-refractivity contribution < 1.29 is 18.3 Å². The minimum atomic E-state index is -0.906. The Morgan fingerprint density at radius 1 is 1.17 bits per heavy atom. The van der Waals surface area contributed by atoms with Crippen LogP contribution >= 0.6 is 11.8 Å². The second kappa shape index (κ2) is 13.1. The number of urea groups is 1. The van der Waals surface area contributed by atoms with Crippen LogP contribution in [0.5, 0.6) is 0 Å². The first-order chi connectivity index (χ1) is 20.3. The van der Waals surface area contributed by atoms with Gasteiger partial charge in [-0.25, -0.2) is 18.3 Å². The number of anilines is 1. The highest BCUT2D eigenvalue weighted by molar-refractivity contribution is 7.98. The van der Waals surface area contributed by atoms with Crippen molar-refractivity contribution in [2.75, 3.05) is 44.1 Å². The summed E-state index contributed by atoms with van der Waals surface area (Å²) in [6, 6.07) is 12.9. The molecule has 1 saturated heterocycles. The topological polar surface area (TPSA) is 89.2 Å². The molecule has 2 aromatic heterocycles. The molecule has 1 aliphatic rings. The number of carbonyl (C=O) groups is 1. The molecule has 3 atom stereocenters. The van der Waals surface area contributed by atoms with E-state index in [0.717, 1.165) is 28.6 Å². The molecular formula is C30H35F2N7O2S. The molecule has 0 saturated carbocycles. The van der Waals surface area contributed by atoms with Crippen molar-refractivity contribution in [1.82, 2.24) is 29.8 Å². The number of ether oxygens (including phenoxy) is 1. The molecule has 12 heteroatoms. The first-order valence-electron chi connectivity index (χ1n) is 13.7. The number of nitrogens with one attached hydrogen (secondary N) is 2. The molecule has 2 N–H and O–H groups in total. The minimum Gasteiger partial charge on any atom is -0.383 e. The number of halogens is 2. The lowest BCUT2D eigenvalue weighted by atomic mass is 9.94. The fraction of sp³-hybridized carbons (Fsp3) is 0.367. The van der Waals surface area contributed by atoms with Crippen molar-refractivity contribution in [3.63, 3.8) is 0 Å². The van der Waals surface area contributed by atoms with Gasteiger partial charge in [0.15, 0.2) is 11.6 Å². The van der Waals surface area contributed by atoms with Crippen molar-refractivity contribution in [2.24, 2.45) is 7.05 Å². The third kappa shape index (κ3) is 6.35. The molecule has 2 amide bonds. The molecule has 2 aromatic carbocycles. The summed E-state index contributed by atoms with van der Waals surface area (Å²) in [5.41, 5.74) is 3.74. The molecule has 0 spiro atoms. The predicted octanol–water partition coefficient (Wildman–Crippen LogP) is 4.83. The normalized spacial score (nSPS) is 17.9. The zero-order chi connectivity index (χ0) is 29.8. The molecule has 1 aliphatic heterocycles. The fourth-order valence-corrected chi connectivity index (χ4v) is 6.22. The number of methoxy groups -OCH3 is 1. The number of carbonyl (C=O) groups excluding carboxylic acids is 1. The van der Waals surface area contributed by atoms with E-state index in [4.69, 9.17) is 9.84 Å². The average molecular weight is 596 g/mol. The zero-order valence-electron chi connectivity index (χ0n) is 24.1. The number of aryl methyl sites for hydroxylation is 1.